The summed E-state index contributed by atoms with van der Waals surface area (Å²) in [5.41, 5.74) is 1.82. The Morgan fingerprint density at radius 1 is 1.14 bits per heavy atom. The molecule has 0 aromatic carbocycles. The molecule has 0 atom stereocenters. The third kappa shape index (κ3) is 4.56. The minimum Gasteiger partial charge on any atom is -0.372 e. The van der Waals surface area contributed by atoms with E-state index < -0.39 is 0 Å². The van der Waals surface area contributed by atoms with Crippen LogP contribution in [-0.2, 0) is 16.1 Å². The minimum atomic E-state index is -0.0936. The van der Waals surface area contributed by atoms with Crippen LogP contribution in [-0.4, -0.2) is 81.2 Å². The molecule has 0 aliphatic carbocycles. The maximum Gasteiger partial charge on any atom is 0.266 e. The number of carbonyl (C=O) groups excluding carboxylic acids is 1. The lowest BCUT2D eigenvalue weighted by atomic mass is 10.0. The molecule has 0 N–H and O–H groups in total. The molecule has 2 saturated heterocycles. The van der Waals surface area contributed by atoms with Crippen LogP contribution in [0.25, 0.3) is 5.82 Å². The van der Waals surface area contributed by atoms with Crippen molar-refractivity contribution in [1.29, 1.82) is 0 Å². The quantitative estimate of drug-likeness (QED) is 0.690. The van der Waals surface area contributed by atoms with Crippen LogP contribution >= 0.6 is 0 Å². The zero-order valence-corrected chi connectivity index (χ0v) is 17.1. The van der Waals surface area contributed by atoms with Crippen LogP contribution in [0.1, 0.15) is 17.8 Å². The predicted octanol–water partition coefficient (Wildman–Crippen LogP) is 0.227. The summed E-state index contributed by atoms with van der Waals surface area (Å²) < 4.78 is 8.59. The smallest absolute Gasteiger partial charge is 0.266 e. The third-order valence-electron chi connectivity index (χ3n) is 5.52. The van der Waals surface area contributed by atoms with Gasteiger partial charge >= 0.3 is 0 Å². The standard InChI is InChI=1S/C20H28N6O3/c1-15-10-16(2)26(21-15)18-4-5-19(27)25(22-18)13-17-11-23(12-17)7-8-24-6-3-9-29-14-20(24)28/h4-5,10,17H,3,6-9,11-14H2,1-2H3. The maximum atomic E-state index is 12.3. The van der Waals surface area contributed by atoms with E-state index in [9.17, 15) is 9.59 Å². The van der Waals surface area contributed by atoms with Crippen LogP contribution < -0.4 is 5.56 Å². The lowest BCUT2D eigenvalue weighted by molar-refractivity contribution is -0.134. The number of carbonyl (C=O) groups is 1. The van der Waals surface area contributed by atoms with Gasteiger partial charge in [0.1, 0.15) is 6.61 Å². The fourth-order valence-corrected chi connectivity index (χ4v) is 3.99. The van der Waals surface area contributed by atoms with E-state index in [0.717, 1.165) is 50.5 Å². The number of amides is 1. The fraction of sp³-hybridized carbons (Fsp3) is 0.600. The van der Waals surface area contributed by atoms with Gasteiger partial charge in [0, 0.05) is 57.0 Å². The molecule has 9 nitrogen and oxygen atoms in total. The highest BCUT2D eigenvalue weighted by Gasteiger charge is 2.28. The zero-order chi connectivity index (χ0) is 20.4. The van der Waals surface area contributed by atoms with Crippen molar-refractivity contribution in [3.05, 3.63) is 39.9 Å². The highest BCUT2D eigenvalue weighted by Crippen LogP contribution is 2.17. The van der Waals surface area contributed by atoms with E-state index in [1.54, 1.807) is 21.5 Å². The number of aryl methyl sites for hydroxylation is 2. The zero-order valence-electron chi connectivity index (χ0n) is 17.1. The molecule has 0 spiro atoms. The lowest BCUT2D eigenvalue weighted by Gasteiger charge is -2.40. The van der Waals surface area contributed by atoms with E-state index in [0.29, 0.717) is 24.9 Å². The molecule has 2 fully saturated rings. The van der Waals surface area contributed by atoms with Gasteiger partial charge in [-0.3, -0.25) is 9.59 Å². The summed E-state index contributed by atoms with van der Waals surface area (Å²) in [6.07, 6.45) is 0.897. The van der Waals surface area contributed by atoms with Crippen LogP contribution in [0.4, 0.5) is 0 Å². The first-order valence-corrected chi connectivity index (χ1v) is 10.2. The molecular formula is C20H28N6O3. The van der Waals surface area contributed by atoms with Gasteiger partial charge in [0.15, 0.2) is 5.82 Å². The summed E-state index contributed by atoms with van der Waals surface area (Å²) in [6, 6.07) is 5.26. The molecule has 29 heavy (non-hydrogen) atoms. The molecule has 0 bridgehead atoms. The van der Waals surface area contributed by atoms with Crippen molar-refractivity contribution in [3.63, 3.8) is 0 Å². The average molecular weight is 400 g/mol. The van der Waals surface area contributed by atoms with Crippen molar-refractivity contribution in [2.75, 3.05) is 45.9 Å². The molecule has 2 aliphatic heterocycles. The van der Waals surface area contributed by atoms with Crippen molar-refractivity contribution < 1.29 is 9.53 Å². The number of aromatic nitrogens is 4. The van der Waals surface area contributed by atoms with Crippen molar-refractivity contribution in [3.8, 4) is 5.82 Å². The summed E-state index contributed by atoms with van der Waals surface area (Å²) in [6.45, 7) is 9.56. The van der Waals surface area contributed by atoms with Gasteiger partial charge < -0.3 is 14.5 Å². The Morgan fingerprint density at radius 3 is 2.72 bits per heavy atom. The highest BCUT2D eigenvalue weighted by molar-refractivity contribution is 5.77. The molecule has 2 aromatic rings. The topological polar surface area (TPSA) is 85.5 Å². The Balaban J connectivity index is 1.31. The average Bonchev–Trinajstić information content (AvgIpc) is 2.86. The van der Waals surface area contributed by atoms with E-state index in [-0.39, 0.29) is 18.1 Å². The number of ether oxygens (including phenoxy) is 1. The lowest BCUT2D eigenvalue weighted by Crippen LogP contribution is -2.52. The van der Waals surface area contributed by atoms with Crippen LogP contribution in [0, 0.1) is 19.8 Å². The largest absolute Gasteiger partial charge is 0.372 e. The Bertz CT molecular complexity index is 931. The summed E-state index contributed by atoms with van der Waals surface area (Å²) in [5, 5.41) is 8.97. The summed E-state index contributed by atoms with van der Waals surface area (Å²) in [4.78, 5) is 28.4. The van der Waals surface area contributed by atoms with Crippen LogP contribution in [0.15, 0.2) is 23.0 Å². The van der Waals surface area contributed by atoms with E-state index in [4.69, 9.17) is 4.74 Å². The molecule has 2 aromatic heterocycles. The van der Waals surface area contributed by atoms with Gasteiger partial charge in [0.25, 0.3) is 5.56 Å². The molecule has 0 saturated carbocycles. The van der Waals surface area contributed by atoms with Gasteiger partial charge in [-0.25, -0.2) is 9.36 Å². The molecule has 0 unspecified atom stereocenters. The van der Waals surface area contributed by atoms with Crippen molar-refractivity contribution in [1.82, 2.24) is 29.4 Å². The molecule has 156 valence electrons. The van der Waals surface area contributed by atoms with E-state index in [1.807, 2.05) is 24.8 Å². The molecule has 0 radical (unpaired) electrons. The first-order chi connectivity index (χ1) is 14.0. The second-order valence-electron chi connectivity index (χ2n) is 7.96. The van der Waals surface area contributed by atoms with Crippen LogP contribution in [0.3, 0.4) is 0 Å². The summed E-state index contributed by atoms with van der Waals surface area (Å²) >= 11 is 0. The SMILES string of the molecule is Cc1cc(C)n(-c2ccc(=O)n(CC3CN(CCN4CCCOCC4=O)C3)n2)n1. The number of hydrogen-bond acceptors (Lipinski definition) is 6. The minimum absolute atomic E-state index is 0.0799. The van der Waals surface area contributed by atoms with E-state index in [1.165, 1.54) is 0 Å². The molecule has 1 amide bonds. The van der Waals surface area contributed by atoms with Crippen molar-refractivity contribution in [2.45, 2.75) is 26.8 Å². The molecular weight excluding hydrogens is 372 g/mol. The van der Waals surface area contributed by atoms with E-state index in [2.05, 4.69) is 15.1 Å². The van der Waals surface area contributed by atoms with Gasteiger partial charge in [0.05, 0.1) is 12.2 Å². The van der Waals surface area contributed by atoms with Gasteiger partial charge in [-0.1, -0.05) is 0 Å². The number of hydrogen-bond donors (Lipinski definition) is 0. The van der Waals surface area contributed by atoms with Crippen molar-refractivity contribution >= 4 is 5.91 Å². The Morgan fingerprint density at radius 2 is 1.97 bits per heavy atom. The fourth-order valence-electron chi connectivity index (χ4n) is 3.99. The first kappa shape index (κ1) is 19.8. The van der Waals surface area contributed by atoms with Crippen LogP contribution in [0.5, 0.6) is 0 Å². The predicted molar refractivity (Wildman–Crippen MR) is 107 cm³/mol. The Hall–Kier alpha value is -2.52. The van der Waals surface area contributed by atoms with Gasteiger partial charge in [-0.05, 0) is 32.4 Å². The first-order valence-electron chi connectivity index (χ1n) is 10.2. The summed E-state index contributed by atoms with van der Waals surface area (Å²) in [7, 11) is 0. The summed E-state index contributed by atoms with van der Waals surface area (Å²) in [5.74, 6) is 1.13. The van der Waals surface area contributed by atoms with Gasteiger partial charge in [-0.2, -0.15) is 5.10 Å². The molecule has 2 aliphatic rings. The van der Waals surface area contributed by atoms with Crippen molar-refractivity contribution in [2.24, 2.45) is 5.92 Å². The Labute approximate surface area is 169 Å². The number of likely N-dealkylation sites (tertiary alicyclic amines) is 1. The normalized spacial score (nSPS) is 18.7. The highest BCUT2D eigenvalue weighted by atomic mass is 16.5. The molecule has 4 rings (SSSR count). The number of nitrogens with zero attached hydrogens (tertiary/aromatic N) is 6. The Kier molecular flexibility index (Phi) is 5.77. The van der Waals surface area contributed by atoms with Gasteiger partial charge in [0.2, 0.25) is 5.91 Å². The van der Waals surface area contributed by atoms with Crippen LogP contribution in [0.2, 0.25) is 0 Å². The maximum absolute atomic E-state index is 12.3. The monoisotopic (exact) mass is 400 g/mol. The number of rotatable bonds is 6. The second kappa shape index (κ2) is 8.46. The van der Waals surface area contributed by atoms with Gasteiger partial charge in [-0.15, -0.1) is 5.10 Å². The third-order valence-corrected chi connectivity index (χ3v) is 5.52. The molecule has 9 heteroatoms. The van der Waals surface area contributed by atoms with E-state index >= 15 is 0 Å². The second-order valence-corrected chi connectivity index (χ2v) is 7.96. The molecule has 4 heterocycles.